The van der Waals surface area contributed by atoms with Crippen LogP contribution in [0.25, 0.3) is 105 Å². The predicted molar refractivity (Wildman–Crippen MR) is 296 cm³/mol. The van der Waals surface area contributed by atoms with Crippen LogP contribution < -0.4 is 5.32 Å². The van der Waals surface area contributed by atoms with E-state index in [2.05, 4.69) is 229 Å². The smallest absolute Gasteiger partial charge is 0.234 e. The molecule has 1 aliphatic heterocycles. The van der Waals surface area contributed by atoms with E-state index in [9.17, 15) is 0 Å². The van der Waals surface area contributed by atoms with E-state index in [1.54, 1.807) is 0 Å². The lowest BCUT2D eigenvalue weighted by molar-refractivity contribution is 0.668. The molecule has 6 heteroatoms. The minimum atomic E-state index is -0.350. The van der Waals surface area contributed by atoms with Crippen LogP contribution in [0.5, 0.6) is 0 Å². The minimum Gasteiger partial charge on any atom is -0.456 e. The molecule has 0 fully saturated rings. The summed E-state index contributed by atoms with van der Waals surface area (Å²) in [7, 11) is 0. The number of nitrogens with zero attached hydrogens (tertiary/aromatic N) is 4. The van der Waals surface area contributed by atoms with E-state index in [4.69, 9.17) is 14.4 Å². The first kappa shape index (κ1) is 41.0. The first-order chi connectivity index (χ1) is 35.0. The quantitative estimate of drug-likeness (QED) is 0.181. The average Bonchev–Trinajstić information content (AvgIpc) is 4.08. The van der Waals surface area contributed by atoms with Gasteiger partial charge in [0, 0.05) is 43.6 Å². The summed E-state index contributed by atoms with van der Waals surface area (Å²) in [6, 6.07) is 69.8. The number of amidine groups is 1. The van der Waals surface area contributed by atoms with Crippen molar-refractivity contribution in [2.45, 2.75) is 32.9 Å². The van der Waals surface area contributed by atoms with E-state index in [0.717, 1.165) is 90.2 Å². The van der Waals surface area contributed by atoms with E-state index < -0.39 is 0 Å². The van der Waals surface area contributed by atoms with Gasteiger partial charge in [0.15, 0.2) is 0 Å². The highest BCUT2D eigenvalue weighted by molar-refractivity contribution is 6.23. The summed E-state index contributed by atoms with van der Waals surface area (Å²) in [4.78, 5) is 10.8. The van der Waals surface area contributed by atoms with Crippen LogP contribution >= 0.6 is 0 Å². The Kier molecular flexibility index (Phi) is 9.43. The molecule has 1 N–H and O–H groups in total. The van der Waals surface area contributed by atoms with Gasteiger partial charge in [0.2, 0.25) is 5.96 Å². The summed E-state index contributed by atoms with van der Waals surface area (Å²) in [5, 5.41) is 10.5. The molecule has 0 radical (unpaired) electrons. The maximum atomic E-state index is 6.62. The highest BCUT2D eigenvalue weighted by Crippen LogP contribution is 2.43. The fraction of sp³-hybridized carbons (Fsp3) is 0.0769. The van der Waals surface area contributed by atoms with Crippen molar-refractivity contribution in [3.8, 4) is 33.4 Å². The lowest BCUT2D eigenvalue weighted by Gasteiger charge is -2.24. The summed E-state index contributed by atoms with van der Waals surface area (Å²) >= 11 is 0. The van der Waals surface area contributed by atoms with Gasteiger partial charge in [-0.25, -0.2) is 4.99 Å². The SMILES string of the molecule is Cc1ccccc1-c1cc(-c2cccc3oc4ccc(-c5ccc6c(c5)c5cc7c(cc5n6C5=NC(c6ccccc6)NC(c6ccccc6)=N5)c5ccccc5n7C5=CCCC=C5)cc4c23)ccc1C. The molecule has 9 aromatic carbocycles. The number of allylic oxidation sites excluding steroid dienone is 4. The van der Waals surface area contributed by atoms with Crippen LogP contribution in [0, 0.1) is 13.8 Å². The Bertz CT molecular complexity index is 4270. The van der Waals surface area contributed by atoms with Crippen molar-refractivity contribution in [3.05, 3.63) is 235 Å². The largest absolute Gasteiger partial charge is 0.456 e. The molecule has 1 aliphatic carbocycles. The summed E-state index contributed by atoms with van der Waals surface area (Å²) in [6.07, 6.45) is 8.65. The zero-order chi connectivity index (χ0) is 47.2. The molecule has 0 saturated carbocycles. The van der Waals surface area contributed by atoms with Crippen molar-refractivity contribution < 1.29 is 4.42 Å². The maximum Gasteiger partial charge on any atom is 0.234 e. The van der Waals surface area contributed by atoms with Crippen LogP contribution in [0.2, 0.25) is 0 Å². The lowest BCUT2D eigenvalue weighted by Crippen LogP contribution is -2.35. The van der Waals surface area contributed by atoms with Gasteiger partial charge in [-0.15, -0.1) is 0 Å². The molecular weight excluding hydrogens is 867 g/mol. The zero-order valence-electron chi connectivity index (χ0n) is 39.4. The van der Waals surface area contributed by atoms with E-state index in [1.165, 1.54) is 55.3 Å². The fourth-order valence-electron chi connectivity index (χ4n) is 11.2. The second-order valence-corrected chi connectivity index (χ2v) is 19.0. The Morgan fingerprint density at radius 3 is 1.99 bits per heavy atom. The second-order valence-electron chi connectivity index (χ2n) is 19.0. The topological polar surface area (TPSA) is 59.8 Å². The number of aliphatic imine (C=N–C) groups is 2. The summed E-state index contributed by atoms with van der Waals surface area (Å²) in [6.45, 7) is 4.39. The third-order valence-electron chi connectivity index (χ3n) is 14.7. The van der Waals surface area contributed by atoms with Crippen LogP contribution in [0.3, 0.4) is 0 Å². The Morgan fingerprint density at radius 2 is 1.15 bits per heavy atom. The number of rotatable bonds is 6. The molecule has 6 nitrogen and oxygen atoms in total. The molecule has 0 saturated heterocycles. The number of benzene rings is 9. The van der Waals surface area contributed by atoms with Gasteiger partial charge in [-0.05, 0) is 137 Å². The summed E-state index contributed by atoms with van der Waals surface area (Å²) < 4.78 is 11.4. The summed E-state index contributed by atoms with van der Waals surface area (Å²) in [5.41, 5.74) is 19.0. The Hall–Kier alpha value is -9.00. The zero-order valence-corrected chi connectivity index (χ0v) is 39.4. The van der Waals surface area contributed by atoms with Crippen LogP contribution in [-0.4, -0.2) is 20.9 Å². The van der Waals surface area contributed by atoms with E-state index in [-0.39, 0.29) is 6.17 Å². The molecule has 338 valence electrons. The highest BCUT2D eigenvalue weighted by atomic mass is 16.3. The third kappa shape index (κ3) is 6.70. The molecule has 71 heavy (non-hydrogen) atoms. The Morgan fingerprint density at radius 1 is 0.479 bits per heavy atom. The average molecular weight is 914 g/mol. The number of furan rings is 1. The van der Waals surface area contributed by atoms with Crippen molar-refractivity contribution >= 4 is 83.0 Å². The Balaban J connectivity index is 0.999. The number of nitrogens with one attached hydrogen (secondary N) is 1. The monoisotopic (exact) mass is 913 g/mol. The van der Waals surface area contributed by atoms with Crippen molar-refractivity contribution in [1.29, 1.82) is 0 Å². The number of aromatic nitrogens is 2. The van der Waals surface area contributed by atoms with Crippen molar-refractivity contribution in [2.24, 2.45) is 9.98 Å². The van der Waals surface area contributed by atoms with E-state index >= 15 is 0 Å². The number of para-hydroxylation sites is 1. The highest BCUT2D eigenvalue weighted by Gasteiger charge is 2.26. The third-order valence-corrected chi connectivity index (χ3v) is 14.7. The Labute approximate surface area is 410 Å². The minimum absolute atomic E-state index is 0.350. The van der Waals surface area contributed by atoms with Crippen molar-refractivity contribution in [2.75, 3.05) is 0 Å². The molecule has 1 atom stereocenters. The number of hydrogen-bond acceptors (Lipinski definition) is 4. The standard InChI is InChI=1S/C65H47N5O/c1-40-17-12-13-24-48(40)51-37-46(30-29-41(51)2)49-26-16-28-61-62(49)55-36-45(32-34-60(55)71-61)44-31-33-57-52(35-44)54-39-58-53(50-25-14-15-27-56(50)69(58)47-22-10-5-11-23-47)38-59(54)70(57)65-67-63(42-18-6-3-7-19-42)66-64(68-65)43-20-8-4-9-21-43/h3-4,6-10,12-39,63H,5,11H2,1-2H3,(H,66,67,68). The van der Waals surface area contributed by atoms with E-state index in [1.807, 2.05) is 12.1 Å². The molecule has 0 spiro atoms. The molecule has 2 aliphatic rings. The van der Waals surface area contributed by atoms with Crippen molar-refractivity contribution in [3.63, 3.8) is 0 Å². The molecule has 12 aromatic rings. The lowest BCUT2D eigenvalue weighted by atomic mass is 9.91. The van der Waals surface area contributed by atoms with Gasteiger partial charge in [0.05, 0.1) is 22.1 Å². The van der Waals surface area contributed by atoms with Crippen LogP contribution in [-0.2, 0) is 0 Å². The van der Waals surface area contributed by atoms with Gasteiger partial charge in [0.1, 0.15) is 23.2 Å². The fourth-order valence-corrected chi connectivity index (χ4v) is 11.2. The molecule has 4 heterocycles. The maximum absolute atomic E-state index is 6.62. The number of aryl methyl sites for hydroxylation is 2. The number of fused-ring (bicyclic) bond motifs is 9. The first-order valence-corrected chi connectivity index (χ1v) is 24.6. The molecule has 0 amide bonds. The van der Waals surface area contributed by atoms with Crippen molar-refractivity contribution in [1.82, 2.24) is 14.5 Å². The molecule has 3 aromatic heterocycles. The van der Waals surface area contributed by atoms with Gasteiger partial charge >= 0.3 is 0 Å². The summed E-state index contributed by atoms with van der Waals surface area (Å²) in [5.74, 6) is 1.41. The van der Waals surface area contributed by atoms with Crippen LogP contribution in [0.15, 0.2) is 227 Å². The van der Waals surface area contributed by atoms with Gasteiger partial charge in [0.25, 0.3) is 0 Å². The van der Waals surface area contributed by atoms with E-state index in [0.29, 0.717) is 5.96 Å². The molecule has 0 bridgehead atoms. The van der Waals surface area contributed by atoms with Gasteiger partial charge in [-0.1, -0.05) is 152 Å². The van der Waals surface area contributed by atoms with Gasteiger partial charge < -0.3 is 14.3 Å². The molecule has 1 unspecified atom stereocenters. The van der Waals surface area contributed by atoms with Crippen LogP contribution in [0.4, 0.5) is 0 Å². The molecular formula is C65H47N5O. The normalized spacial score (nSPS) is 15.0. The second kappa shape index (κ2) is 16.3. The predicted octanol–water partition coefficient (Wildman–Crippen LogP) is 16.6. The first-order valence-electron chi connectivity index (χ1n) is 24.6. The van der Waals surface area contributed by atoms with Gasteiger partial charge in [-0.3, -0.25) is 4.57 Å². The molecule has 14 rings (SSSR count). The number of hydrogen-bond donors (Lipinski definition) is 1. The van der Waals surface area contributed by atoms with Crippen LogP contribution in [0.1, 0.15) is 41.3 Å². The van der Waals surface area contributed by atoms with Gasteiger partial charge in [-0.2, -0.15) is 4.99 Å².